The van der Waals surface area contributed by atoms with Crippen molar-refractivity contribution in [2.24, 2.45) is 0 Å². The van der Waals surface area contributed by atoms with Crippen molar-refractivity contribution in [3.8, 4) is 0 Å². The molecule has 62 heavy (non-hydrogen) atoms. The number of allylic oxidation sites excluding steroid dienone is 18. The molecular weight excluding hydrogens is 769 g/mol. The van der Waals surface area contributed by atoms with E-state index in [1.54, 1.807) is 0 Å². The Morgan fingerprint density at radius 2 is 0.726 bits per heavy atom. The van der Waals surface area contributed by atoms with Crippen molar-refractivity contribution in [3.05, 3.63) is 109 Å². The average molecular weight is 859 g/mol. The molecule has 0 N–H and O–H groups in total. The van der Waals surface area contributed by atoms with Gasteiger partial charge in [0.25, 0.3) is 0 Å². The van der Waals surface area contributed by atoms with Gasteiger partial charge >= 0.3 is 17.9 Å². The first-order chi connectivity index (χ1) is 30.5. The van der Waals surface area contributed by atoms with Gasteiger partial charge in [0, 0.05) is 19.3 Å². The zero-order valence-electron chi connectivity index (χ0n) is 39.8. The van der Waals surface area contributed by atoms with Crippen LogP contribution in [-0.4, -0.2) is 37.2 Å². The summed E-state index contributed by atoms with van der Waals surface area (Å²) in [6, 6.07) is 0. The predicted octanol–water partition coefficient (Wildman–Crippen LogP) is 16.4. The maximum absolute atomic E-state index is 12.7. The van der Waals surface area contributed by atoms with E-state index in [9.17, 15) is 14.4 Å². The zero-order valence-corrected chi connectivity index (χ0v) is 39.8. The molecule has 0 aliphatic carbocycles. The molecule has 0 aliphatic rings. The highest BCUT2D eigenvalue weighted by atomic mass is 16.6. The van der Waals surface area contributed by atoms with Gasteiger partial charge in [-0.3, -0.25) is 14.4 Å². The third kappa shape index (κ3) is 47.1. The molecule has 0 saturated carbocycles. The van der Waals surface area contributed by atoms with Crippen LogP contribution in [0, 0.1) is 0 Å². The highest BCUT2D eigenvalue weighted by Crippen LogP contribution is 2.12. The van der Waals surface area contributed by atoms with Crippen LogP contribution >= 0.6 is 0 Å². The standard InChI is InChI=1S/C56H90O6/c1-4-7-10-13-16-19-22-24-26-28-30-31-34-37-40-43-46-49-55(58)61-52-53(51-60-54(57)48-45-42-39-36-33-21-18-15-12-9-6-3)62-56(59)50-47-44-41-38-35-32-29-27-25-23-20-17-14-11-8-5-2/h8,11,15-21,24-27,32-33,35,41,44,53H,4-7,9-10,12-14,22-23,28-31,34,36-40,42-43,45-52H2,1-3H3/b11-8-,18-15-,19-16-,20-17-,26-24-,27-25-,33-21-,35-32-,44-41-. The van der Waals surface area contributed by atoms with Crippen LogP contribution in [0.3, 0.4) is 0 Å². The second-order valence-electron chi connectivity index (χ2n) is 16.0. The first-order valence-corrected chi connectivity index (χ1v) is 24.9. The molecule has 0 heterocycles. The average Bonchev–Trinajstić information content (AvgIpc) is 3.27. The lowest BCUT2D eigenvalue weighted by Crippen LogP contribution is -2.30. The van der Waals surface area contributed by atoms with E-state index in [1.807, 2.05) is 12.2 Å². The molecule has 350 valence electrons. The lowest BCUT2D eigenvalue weighted by molar-refractivity contribution is -0.166. The maximum atomic E-state index is 12.7. The van der Waals surface area contributed by atoms with E-state index in [0.29, 0.717) is 19.3 Å². The SMILES string of the molecule is CC/C=C\C/C=C\C/C=C\C/C=C\C/C=C\CCC(=O)OC(COC(=O)CCCCC/C=C\C=C/CCCC)COC(=O)CCCCCCCCC/C=C\C/C=C\CCCCC. The number of carbonyl (C=O) groups is 3. The molecule has 1 atom stereocenters. The third-order valence-corrected chi connectivity index (χ3v) is 10.0. The largest absolute Gasteiger partial charge is 0.462 e. The van der Waals surface area contributed by atoms with Crippen LogP contribution in [0.5, 0.6) is 0 Å². The molecule has 0 aliphatic heterocycles. The van der Waals surface area contributed by atoms with Gasteiger partial charge < -0.3 is 14.2 Å². The molecule has 6 heteroatoms. The lowest BCUT2D eigenvalue weighted by atomic mass is 10.1. The van der Waals surface area contributed by atoms with Crippen molar-refractivity contribution in [1.29, 1.82) is 0 Å². The van der Waals surface area contributed by atoms with Crippen LogP contribution < -0.4 is 0 Å². The summed E-state index contributed by atoms with van der Waals surface area (Å²) in [5.41, 5.74) is 0. The fraction of sp³-hybridized carbons (Fsp3) is 0.625. The minimum absolute atomic E-state index is 0.123. The number of hydrogen-bond acceptors (Lipinski definition) is 6. The summed E-state index contributed by atoms with van der Waals surface area (Å²) in [5, 5.41) is 0. The fourth-order valence-electron chi connectivity index (χ4n) is 6.26. The van der Waals surface area contributed by atoms with E-state index >= 15 is 0 Å². The molecule has 6 nitrogen and oxygen atoms in total. The summed E-state index contributed by atoms with van der Waals surface area (Å²) in [5.74, 6) is -1.05. The maximum Gasteiger partial charge on any atom is 0.306 e. The fourth-order valence-corrected chi connectivity index (χ4v) is 6.26. The van der Waals surface area contributed by atoms with Gasteiger partial charge in [-0.2, -0.15) is 0 Å². The number of rotatable bonds is 43. The quantitative estimate of drug-likeness (QED) is 0.0200. The van der Waals surface area contributed by atoms with Crippen LogP contribution in [0.4, 0.5) is 0 Å². The molecule has 0 radical (unpaired) electrons. The van der Waals surface area contributed by atoms with E-state index in [2.05, 4.69) is 118 Å². The van der Waals surface area contributed by atoms with Gasteiger partial charge in [0.05, 0.1) is 0 Å². The van der Waals surface area contributed by atoms with Crippen LogP contribution in [-0.2, 0) is 28.6 Å². The van der Waals surface area contributed by atoms with Crippen molar-refractivity contribution < 1.29 is 28.6 Å². The van der Waals surface area contributed by atoms with E-state index in [-0.39, 0.29) is 31.6 Å². The summed E-state index contributed by atoms with van der Waals surface area (Å²) >= 11 is 0. The topological polar surface area (TPSA) is 78.9 Å². The Bertz CT molecular complexity index is 1310. The van der Waals surface area contributed by atoms with Crippen molar-refractivity contribution in [3.63, 3.8) is 0 Å². The second kappa shape index (κ2) is 49.7. The zero-order chi connectivity index (χ0) is 45.1. The van der Waals surface area contributed by atoms with Gasteiger partial charge in [-0.15, -0.1) is 0 Å². The molecule has 0 spiro atoms. The monoisotopic (exact) mass is 859 g/mol. The number of unbranched alkanes of at least 4 members (excludes halogenated alkanes) is 15. The van der Waals surface area contributed by atoms with Gasteiger partial charge in [-0.05, 0) is 103 Å². The summed E-state index contributed by atoms with van der Waals surface area (Å²) < 4.78 is 16.7. The van der Waals surface area contributed by atoms with Crippen LogP contribution in [0.1, 0.15) is 207 Å². The summed E-state index contributed by atoms with van der Waals surface area (Å²) in [6.45, 7) is 6.33. The Balaban J connectivity index is 4.53. The normalized spacial score (nSPS) is 13.0. The number of esters is 3. The first kappa shape index (κ1) is 58.1. The van der Waals surface area contributed by atoms with Crippen molar-refractivity contribution in [2.45, 2.75) is 213 Å². The number of ether oxygens (including phenoxy) is 3. The molecule has 0 saturated heterocycles. The minimum Gasteiger partial charge on any atom is -0.462 e. The Hall–Kier alpha value is -3.93. The first-order valence-electron chi connectivity index (χ1n) is 24.9. The van der Waals surface area contributed by atoms with Gasteiger partial charge in [0.2, 0.25) is 0 Å². The molecule has 0 aromatic carbocycles. The Morgan fingerprint density at radius 3 is 1.21 bits per heavy atom. The molecule has 1 unspecified atom stereocenters. The predicted molar refractivity (Wildman–Crippen MR) is 265 cm³/mol. The van der Waals surface area contributed by atoms with Crippen LogP contribution in [0.25, 0.3) is 0 Å². The van der Waals surface area contributed by atoms with Crippen molar-refractivity contribution in [2.75, 3.05) is 13.2 Å². The van der Waals surface area contributed by atoms with Gasteiger partial charge in [-0.1, -0.05) is 194 Å². The highest BCUT2D eigenvalue weighted by Gasteiger charge is 2.19. The third-order valence-electron chi connectivity index (χ3n) is 10.0. The molecule has 0 bridgehead atoms. The summed E-state index contributed by atoms with van der Waals surface area (Å²) in [6.07, 6.45) is 66.5. The highest BCUT2D eigenvalue weighted by molar-refractivity contribution is 5.71. The van der Waals surface area contributed by atoms with E-state index < -0.39 is 12.1 Å². The molecule has 0 fully saturated rings. The minimum atomic E-state index is -0.832. The van der Waals surface area contributed by atoms with Crippen LogP contribution in [0.15, 0.2) is 109 Å². The van der Waals surface area contributed by atoms with E-state index in [4.69, 9.17) is 14.2 Å². The summed E-state index contributed by atoms with van der Waals surface area (Å²) in [7, 11) is 0. The van der Waals surface area contributed by atoms with Crippen molar-refractivity contribution >= 4 is 17.9 Å². The summed E-state index contributed by atoms with van der Waals surface area (Å²) in [4.78, 5) is 37.9. The number of carbonyl (C=O) groups excluding carboxylic acids is 3. The van der Waals surface area contributed by atoms with E-state index in [1.165, 1.54) is 64.2 Å². The van der Waals surface area contributed by atoms with Gasteiger partial charge in [0.1, 0.15) is 13.2 Å². The van der Waals surface area contributed by atoms with E-state index in [0.717, 1.165) is 96.3 Å². The molecule has 0 rings (SSSR count). The lowest BCUT2D eigenvalue weighted by Gasteiger charge is -2.18. The van der Waals surface area contributed by atoms with Gasteiger partial charge in [-0.25, -0.2) is 0 Å². The Morgan fingerprint density at radius 1 is 0.355 bits per heavy atom. The Kier molecular flexibility index (Phi) is 46.6. The molecule has 0 aromatic rings. The smallest absolute Gasteiger partial charge is 0.306 e. The second-order valence-corrected chi connectivity index (χ2v) is 16.0. The van der Waals surface area contributed by atoms with Crippen LogP contribution in [0.2, 0.25) is 0 Å². The van der Waals surface area contributed by atoms with Gasteiger partial charge in [0.15, 0.2) is 6.10 Å². The molecular formula is C56H90O6. The van der Waals surface area contributed by atoms with Crippen molar-refractivity contribution in [1.82, 2.24) is 0 Å². The molecule has 0 amide bonds. The number of hydrogen-bond donors (Lipinski definition) is 0. The molecule has 0 aromatic heterocycles. The Labute approximate surface area is 380 Å².